The van der Waals surface area contributed by atoms with E-state index in [-0.39, 0.29) is 5.78 Å². The molecule has 0 N–H and O–H groups in total. The monoisotopic (exact) mass is 218 g/mol. The van der Waals surface area contributed by atoms with Crippen molar-refractivity contribution in [1.82, 2.24) is 0 Å². The second-order valence-electron chi connectivity index (χ2n) is 3.68. The smallest absolute Gasteiger partial charge is 0.192 e. The van der Waals surface area contributed by atoms with Crippen molar-refractivity contribution in [2.24, 2.45) is 0 Å². The first-order valence-electron chi connectivity index (χ1n) is 5.30. The van der Waals surface area contributed by atoms with Crippen LogP contribution in [0.4, 0.5) is 0 Å². The van der Waals surface area contributed by atoms with Crippen molar-refractivity contribution in [3.63, 3.8) is 0 Å². The van der Waals surface area contributed by atoms with Gasteiger partial charge in [-0.15, -0.1) is 0 Å². The number of carbonyl (C=O) groups excluding carboxylic acids is 1. The molecule has 3 nitrogen and oxygen atoms in total. The van der Waals surface area contributed by atoms with Crippen LogP contribution in [0.25, 0.3) is 0 Å². The third kappa shape index (κ3) is 2.24. The van der Waals surface area contributed by atoms with Crippen LogP contribution in [0.15, 0.2) is 36.1 Å². The van der Waals surface area contributed by atoms with Crippen molar-refractivity contribution in [2.75, 3.05) is 13.7 Å². The quantitative estimate of drug-likeness (QED) is 0.731. The molecule has 1 aliphatic rings. The van der Waals surface area contributed by atoms with Crippen LogP contribution < -0.4 is 4.74 Å². The van der Waals surface area contributed by atoms with E-state index in [0.29, 0.717) is 12.2 Å². The molecule has 0 aromatic heterocycles. The van der Waals surface area contributed by atoms with Gasteiger partial charge >= 0.3 is 0 Å². The highest BCUT2D eigenvalue weighted by Gasteiger charge is 2.15. The molecule has 1 aromatic carbocycles. The van der Waals surface area contributed by atoms with Crippen LogP contribution in [-0.2, 0) is 4.74 Å². The average Bonchev–Trinajstić information content (AvgIpc) is 2.39. The summed E-state index contributed by atoms with van der Waals surface area (Å²) in [6.45, 7) is 0.708. The van der Waals surface area contributed by atoms with E-state index in [2.05, 4.69) is 0 Å². The van der Waals surface area contributed by atoms with Gasteiger partial charge in [0.05, 0.1) is 20.0 Å². The number of Topliss-reactive ketones (excluding diaryl/α,β-unsaturated/α-hetero) is 1. The number of rotatable bonds is 3. The summed E-state index contributed by atoms with van der Waals surface area (Å²) in [6.07, 6.45) is 3.29. The average molecular weight is 218 g/mol. The minimum Gasteiger partial charge on any atom is -0.501 e. The van der Waals surface area contributed by atoms with Crippen LogP contribution in [0.2, 0.25) is 0 Å². The van der Waals surface area contributed by atoms with Gasteiger partial charge in [0.2, 0.25) is 0 Å². The lowest BCUT2D eigenvalue weighted by molar-refractivity contribution is 0.101. The van der Waals surface area contributed by atoms with E-state index in [1.54, 1.807) is 37.6 Å². The van der Waals surface area contributed by atoms with Gasteiger partial charge in [-0.2, -0.15) is 0 Å². The highest BCUT2D eigenvalue weighted by molar-refractivity contribution is 6.08. The fourth-order valence-electron chi connectivity index (χ4n) is 1.66. The number of benzene rings is 1. The molecule has 2 rings (SSSR count). The zero-order chi connectivity index (χ0) is 11.4. The Morgan fingerprint density at radius 3 is 2.62 bits per heavy atom. The Kier molecular flexibility index (Phi) is 3.25. The molecule has 0 spiro atoms. The molecule has 0 aliphatic carbocycles. The molecule has 0 radical (unpaired) electrons. The van der Waals surface area contributed by atoms with E-state index < -0.39 is 0 Å². The highest BCUT2D eigenvalue weighted by Crippen LogP contribution is 2.19. The zero-order valence-corrected chi connectivity index (χ0v) is 9.23. The summed E-state index contributed by atoms with van der Waals surface area (Å²) in [6, 6.07) is 7.13. The topological polar surface area (TPSA) is 35.5 Å². The minimum absolute atomic E-state index is 0.0438. The van der Waals surface area contributed by atoms with Gasteiger partial charge in [-0.05, 0) is 37.1 Å². The minimum atomic E-state index is 0.0438. The Bertz CT molecular complexity index is 404. The van der Waals surface area contributed by atoms with E-state index in [0.717, 1.165) is 24.2 Å². The summed E-state index contributed by atoms with van der Waals surface area (Å²) in [7, 11) is 1.61. The number of hydrogen-bond donors (Lipinski definition) is 0. The van der Waals surface area contributed by atoms with Gasteiger partial charge in [0.1, 0.15) is 5.75 Å². The van der Waals surface area contributed by atoms with Crippen LogP contribution in [-0.4, -0.2) is 19.5 Å². The van der Waals surface area contributed by atoms with Crippen molar-refractivity contribution in [1.29, 1.82) is 0 Å². The lowest BCUT2D eigenvalue weighted by atomic mass is 10.00. The van der Waals surface area contributed by atoms with Gasteiger partial charge in [0, 0.05) is 11.1 Å². The van der Waals surface area contributed by atoms with Gasteiger partial charge in [0.25, 0.3) is 0 Å². The molecule has 0 fully saturated rings. The first kappa shape index (κ1) is 10.7. The molecule has 16 heavy (non-hydrogen) atoms. The van der Waals surface area contributed by atoms with E-state index in [9.17, 15) is 4.79 Å². The summed E-state index contributed by atoms with van der Waals surface area (Å²) in [5, 5.41) is 0. The number of ketones is 1. The molecule has 0 atom stereocenters. The Morgan fingerprint density at radius 1 is 1.31 bits per heavy atom. The fourth-order valence-corrected chi connectivity index (χ4v) is 1.66. The maximum absolute atomic E-state index is 12.0. The first-order chi connectivity index (χ1) is 7.81. The second-order valence-corrected chi connectivity index (χ2v) is 3.68. The van der Waals surface area contributed by atoms with Crippen molar-refractivity contribution in [2.45, 2.75) is 12.8 Å². The molecule has 0 saturated carbocycles. The maximum Gasteiger partial charge on any atom is 0.192 e. The normalized spacial score (nSPS) is 14.9. The largest absolute Gasteiger partial charge is 0.501 e. The number of allylic oxidation sites excluding steroid dienone is 1. The van der Waals surface area contributed by atoms with Crippen LogP contribution in [0.3, 0.4) is 0 Å². The predicted molar refractivity (Wildman–Crippen MR) is 60.6 cm³/mol. The van der Waals surface area contributed by atoms with Crippen molar-refractivity contribution in [3.05, 3.63) is 41.7 Å². The number of carbonyl (C=O) groups is 1. The van der Waals surface area contributed by atoms with Gasteiger partial charge in [-0.3, -0.25) is 4.79 Å². The third-order valence-corrected chi connectivity index (χ3v) is 2.58. The van der Waals surface area contributed by atoms with E-state index >= 15 is 0 Å². The summed E-state index contributed by atoms with van der Waals surface area (Å²) >= 11 is 0. The van der Waals surface area contributed by atoms with Gasteiger partial charge in [-0.25, -0.2) is 0 Å². The van der Waals surface area contributed by atoms with Crippen molar-refractivity contribution in [3.8, 4) is 5.75 Å². The summed E-state index contributed by atoms with van der Waals surface area (Å²) < 4.78 is 10.2. The summed E-state index contributed by atoms with van der Waals surface area (Å²) in [4.78, 5) is 12.0. The van der Waals surface area contributed by atoms with Crippen molar-refractivity contribution < 1.29 is 14.3 Å². The van der Waals surface area contributed by atoms with Gasteiger partial charge in [-0.1, -0.05) is 0 Å². The Balaban J connectivity index is 2.16. The third-order valence-electron chi connectivity index (χ3n) is 2.58. The first-order valence-corrected chi connectivity index (χ1v) is 5.30. The van der Waals surface area contributed by atoms with E-state index in [1.807, 2.05) is 0 Å². The molecule has 0 bridgehead atoms. The van der Waals surface area contributed by atoms with E-state index in [4.69, 9.17) is 9.47 Å². The number of ether oxygens (including phenoxy) is 2. The zero-order valence-electron chi connectivity index (χ0n) is 9.23. The molecular formula is C13H14O3. The number of hydrogen-bond acceptors (Lipinski definition) is 3. The van der Waals surface area contributed by atoms with Crippen LogP contribution in [0.1, 0.15) is 23.2 Å². The predicted octanol–water partition coefficient (Wildman–Crippen LogP) is 2.57. The van der Waals surface area contributed by atoms with Crippen LogP contribution in [0.5, 0.6) is 5.75 Å². The van der Waals surface area contributed by atoms with Crippen LogP contribution >= 0.6 is 0 Å². The summed E-state index contributed by atoms with van der Waals surface area (Å²) in [5.74, 6) is 0.799. The number of methoxy groups -OCH3 is 1. The molecular weight excluding hydrogens is 204 g/mol. The highest BCUT2D eigenvalue weighted by atomic mass is 16.5. The molecule has 0 amide bonds. The van der Waals surface area contributed by atoms with Gasteiger partial charge in [0.15, 0.2) is 5.78 Å². The molecule has 84 valence electrons. The molecule has 0 unspecified atom stereocenters. The SMILES string of the molecule is COc1ccc(C(=O)C2=COCCC2)cc1. The maximum atomic E-state index is 12.0. The second kappa shape index (κ2) is 4.84. The standard InChI is InChI=1S/C13H14O3/c1-15-12-6-4-10(5-7-12)13(14)11-3-2-8-16-9-11/h4-7,9H,2-3,8H2,1H3. The molecule has 1 heterocycles. The Morgan fingerprint density at radius 2 is 2.06 bits per heavy atom. The van der Waals surface area contributed by atoms with Crippen molar-refractivity contribution >= 4 is 5.78 Å². The summed E-state index contributed by atoms with van der Waals surface area (Å²) in [5.41, 5.74) is 1.42. The lowest BCUT2D eigenvalue weighted by Crippen LogP contribution is -2.09. The van der Waals surface area contributed by atoms with Gasteiger partial charge < -0.3 is 9.47 Å². The Hall–Kier alpha value is -1.77. The molecule has 0 saturated heterocycles. The van der Waals surface area contributed by atoms with E-state index in [1.165, 1.54) is 0 Å². The molecule has 1 aromatic rings. The molecule has 1 aliphatic heterocycles. The fraction of sp³-hybridized carbons (Fsp3) is 0.308. The molecule has 3 heteroatoms. The van der Waals surface area contributed by atoms with Crippen LogP contribution in [0, 0.1) is 0 Å². The Labute approximate surface area is 94.7 Å². The lowest BCUT2D eigenvalue weighted by Gasteiger charge is -2.12.